The van der Waals surface area contributed by atoms with Gasteiger partial charge in [-0.05, 0) is 46.7 Å². The van der Waals surface area contributed by atoms with E-state index in [0.29, 0.717) is 39.3 Å². The lowest BCUT2D eigenvalue weighted by atomic mass is 9.94. The maximum absolute atomic E-state index is 13.5. The lowest BCUT2D eigenvalue weighted by Gasteiger charge is -2.24. The van der Waals surface area contributed by atoms with E-state index in [1.807, 2.05) is 24.3 Å². The lowest BCUT2D eigenvalue weighted by Crippen LogP contribution is -2.29. The van der Waals surface area contributed by atoms with Gasteiger partial charge in [0.15, 0.2) is 16.6 Å². The maximum atomic E-state index is 13.5. The number of fused-ring (bicyclic) bond motifs is 1. The van der Waals surface area contributed by atoms with Gasteiger partial charge < -0.3 is 24.1 Å². The number of hydrogen-bond donors (Lipinski definition) is 1. The predicted molar refractivity (Wildman–Crippen MR) is 143 cm³/mol. The van der Waals surface area contributed by atoms with Crippen LogP contribution in [0.2, 0.25) is 0 Å². The largest absolute Gasteiger partial charge is 0.507 e. The zero-order chi connectivity index (χ0) is 27.0. The molecule has 1 aliphatic rings. The Bertz CT molecular complexity index is 1550. The predicted octanol–water partition coefficient (Wildman–Crippen LogP) is 4.96. The maximum Gasteiger partial charge on any atom is 0.301 e. The fourth-order valence-electron chi connectivity index (χ4n) is 4.59. The second-order valence-corrected chi connectivity index (χ2v) is 9.24. The highest BCUT2D eigenvalue weighted by atomic mass is 32.1. The Balaban J connectivity index is 1.74. The minimum absolute atomic E-state index is 0.0765. The summed E-state index contributed by atoms with van der Waals surface area (Å²) in [6.07, 6.45) is 1.54. The Morgan fingerprint density at radius 3 is 2.18 bits per heavy atom. The van der Waals surface area contributed by atoms with E-state index in [2.05, 4.69) is 4.98 Å². The van der Waals surface area contributed by atoms with Crippen LogP contribution in [0, 0.1) is 0 Å². The van der Waals surface area contributed by atoms with E-state index >= 15 is 0 Å². The first-order valence-electron chi connectivity index (χ1n) is 11.5. The van der Waals surface area contributed by atoms with Crippen LogP contribution in [0.1, 0.15) is 17.2 Å². The number of nitrogens with zero attached hydrogens (tertiary/aromatic N) is 2. The number of hydrogen-bond acceptors (Lipinski definition) is 9. The summed E-state index contributed by atoms with van der Waals surface area (Å²) in [7, 11) is 6.02. The molecule has 1 saturated heterocycles. The lowest BCUT2D eigenvalue weighted by molar-refractivity contribution is -0.132. The van der Waals surface area contributed by atoms with Gasteiger partial charge in [0, 0.05) is 17.1 Å². The number of rotatable bonds is 7. The highest BCUT2D eigenvalue weighted by Gasteiger charge is 2.48. The number of ketones is 1. The van der Waals surface area contributed by atoms with Crippen molar-refractivity contribution in [2.75, 3.05) is 33.3 Å². The first-order chi connectivity index (χ1) is 18.4. The Morgan fingerprint density at radius 2 is 1.58 bits per heavy atom. The molecular formula is C28H24N2O7S. The minimum atomic E-state index is -0.999. The number of Topliss-reactive ketones (excluding diaryl/α,β-unsaturated/α-hetero) is 1. The van der Waals surface area contributed by atoms with Crippen LogP contribution in [-0.4, -0.2) is 50.2 Å². The molecule has 2 heterocycles. The molecule has 1 amide bonds. The van der Waals surface area contributed by atoms with Gasteiger partial charge in [-0.15, -0.1) is 11.3 Å². The number of thiazole rings is 1. The van der Waals surface area contributed by atoms with Crippen LogP contribution in [0.5, 0.6) is 23.0 Å². The van der Waals surface area contributed by atoms with Gasteiger partial charge in [0.05, 0.1) is 40.1 Å². The van der Waals surface area contributed by atoms with Gasteiger partial charge in [-0.3, -0.25) is 14.5 Å². The molecule has 9 nitrogen and oxygen atoms in total. The highest BCUT2D eigenvalue weighted by Crippen LogP contribution is 2.47. The second-order valence-electron chi connectivity index (χ2n) is 8.37. The summed E-state index contributed by atoms with van der Waals surface area (Å²) >= 11 is 1.21. The molecule has 0 aliphatic carbocycles. The number of amides is 1. The number of anilines is 1. The summed E-state index contributed by atoms with van der Waals surface area (Å²) in [5.41, 5.74) is 0.783. The molecule has 1 aliphatic heterocycles. The van der Waals surface area contributed by atoms with Crippen molar-refractivity contribution in [2.45, 2.75) is 6.04 Å². The first-order valence-corrected chi connectivity index (χ1v) is 12.4. The van der Waals surface area contributed by atoms with E-state index in [0.717, 1.165) is 10.8 Å². The molecule has 1 N–H and O–H groups in total. The number of benzene rings is 3. The quantitative estimate of drug-likeness (QED) is 0.202. The number of carbonyl (C=O) groups excluding carboxylic acids is 2. The third-order valence-corrected chi connectivity index (χ3v) is 7.16. The van der Waals surface area contributed by atoms with Crippen molar-refractivity contribution in [2.24, 2.45) is 0 Å². The fourth-order valence-corrected chi connectivity index (χ4v) is 5.26. The van der Waals surface area contributed by atoms with Gasteiger partial charge >= 0.3 is 5.91 Å². The van der Waals surface area contributed by atoms with E-state index in [4.69, 9.17) is 18.9 Å². The Morgan fingerprint density at radius 1 is 0.895 bits per heavy atom. The van der Waals surface area contributed by atoms with Crippen LogP contribution in [0.25, 0.3) is 16.5 Å². The van der Waals surface area contributed by atoms with Crippen molar-refractivity contribution in [1.82, 2.24) is 4.98 Å². The van der Waals surface area contributed by atoms with Crippen molar-refractivity contribution in [1.29, 1.82) is 0 Å². The molecule has 0 spiro atoms. The van der Waals surface area contributed by atoms with Gasteiger partial charge in [-0.25, -0.2) is 4.98 Å². The van der Waals surface area contributed by atoms with Crippen LogP contribution in [0.3, 0.4) is 0 Å². The molecule has 0 bridgehead atoms. The van der Waals surface area contributed by atoms with Crippen LogP contribution >= 0.6 is 11.3 Å². The normalized spacial score (nSPS) is 16.6. The standard InChI is InChI=1S/C28H24N2O7S/c1-34-19-8-7-15-11-17(6-5-16(15)12-19)24(31)22-23(30(27(33)25(22)32)28-29-9-10-38-28)18-13-20(35-2)26(37-4)21(14-18)36-3/h5-14,23,31H,1-4H3/b24-22+. The van der Waals surface area contributed by atoms with E-state index in [9.17, 15) is 14.7 Å². The number of aromatic nitrogens is 1. The van der Waals surface area contributed by atoms with Crippen molar-refractivity contribution in [3.8, 4) is 23.0 Å². The molecule has 5 rings (SSSR count). The van der Waals surface area contributed by atoms with Crippen LogP contribution < -0.4 is 23.8 Å². The molecule has 0 saturated carbocycles. The number of aliphatic hydroxyl groups is 1. The summed E-state index contributed by atoms with van der Waals surface area (Å²) in [5, 5.41) is 15.3. The average molecular weight is 533 g/mol. The van der Waals surface area contributed by atoms with Crippen molar-refractivity contribution >= 4 is 44.7 Å². The monoisotopic (exact) mass is 532 g/mol. The average Bonchev–Trinajstić information content (AvgIpc) is 3.57. The van der Waals surface area contributed by atoms with Crippen LogP contribution in [0.15, 0.2) is 65.7 Å². The van der Waals surface area contributed by atoms with Gasteiger partial charge in [-0.2, -0.15) is 0 Å². The zero-order valence-corrected chi connectivity index (χ0v) is 21.9. The second kappa shape index (κ2) is 10.1. The minimum Gasteiger partial charge on any atom is -0.507 e. The van der Waals surface area contributed by atoms with Crippen molar-refractivity contribution in [3.63, 3.8) is 0 Å². The summed E-state index contributed by atoms with van der Waals surface area (Å²) in [5.74, 6) is -0.200. The summed E-state index contributed by atoms with van der Waals surface area (Å²) in [4.78, 5) is 32.4. The number of methoxy groups -OCH3 is 4. The number of ether oxygens (including phenoxy) is 4. The van der Waals surface area contributed by atoms with E-state index < -0.39 is 17.7 Å². The summed E-state index contributed by atoms with van der Waals surface area (Å²) in [6.45, 7) is 0. The van der Waals surface area contributed by atoms with Gasteiger partial charge in [-0.1, -0.05) is 18.2 Å². The Labute approximate surface area is 222 Å². The molecular weight excluding hydrogens is 508 g/mol. The molecule has 38 heavy (non-hydrogen) atoms. The van der Waals surface area contributed by atoms with E-state index in [1.165, 1.54) is 37.6 Å². The molecule has 194 valence electrons. The summed E-state index contributed by atoms with van der Waals surface area (Å²) in [6, 6.07) is 13.1. The van der Waals surface area contributed by atoms with Crippen LogP contribution in [-0.2, 0) is 9.59 Å². The van der Waals surface area contributed by atoms with E-state index in [-0.39, 0.29) is 11.3 Å². The number of carbonyl (C=O) groups is 2. The molecule has 1 atom stereocenters. The van der Waals surface area contributed by atoms with E-state index in [1.54, 1.807) is 43.0 Å². The van der Waals surface area contributed by atoms with Crippen LogP contribution in [0.4, 0.5) is 5.13 Å². The molecule has 4 aromatic rings. The Hall–Kier alpha value is -4.57. The smallest absolute Gasteiger partial charge is 0.301 e. The summed E-state index contributed by atoms with van der Waals surface area (Å²) < 4.78 is 21.8. The molecule has 10 heteroatoms. The van der Waals surface area contributed by atoms with Gasteiger partial charge in [0.2, 0.25) is 5.75 Å². The SMILES string of the molecule is COc1ccc2cc(/C(O)=C3\C(=O)C(=O)N(c4nccs4)C3c3cc(OC)c(OC)c(OC)c3)ccc2c1. The molecule has 1 aromatic heterocycles. The molecule has 1 fully saturated rings. The van der Waals surface area contributed by atoms with Gasteiger partial charge in [0.25, 0.3) is 5.78 Å². The number of aliphatic hydroxyl groups excluding tert-OH is 1. The van der Waals surface area contributed by atoms with Crippen molar-refractivity contribution < 1.29 is 33.6 Å². The topological polar surface area (TPSA) is 107 Å². The van der Waals surface area contributed by atoms with Crippen molar-refractivity contribution in [3.05, 3.63) is 76.8 Å². The zero-order valence-electron chi connectivity index (χ0n) is 21.1. The third kappa shape index (κ3) is 4.08. The molecule has 0 radical (unpaired) electrons. The van der Waals surface area contributed by atoms with Gasteiger partial charge in [0.1, 0.15) is 11.5 Å². The first kappa shape index (κ1) is 25.1. The molecule has 1 unspecified atom stereocenters. The highest BCUT2D eigenvalue weighted by molar-refractivity contribution is 7.14. The molecule has 3 aromatic carbocycles. The Kier molecular flexibility index (Phi) is 6.64. The third-order valence-electron chi connectivity index (χ3n) is 6.39. The fraction of sp³-hybridized carbons (Fsp3) is 0.179.